The zero-order chi connectivity index (χ0) is 28.5. The lowest BCUT2D eigenvalue weighted by molar-refractivity contribution is -0.637. The quantitative estimate of drug-likeness (QED) is 0.0353. The Labute approximate surface area is 195 Å². The summed E-state index contributed by atoms with van der Waals surface area (Å²) in [7, 11) is 0. The van der Waals surface area contributed by atoms with Gasteiger partial charge in [0.2, 0.25) is 0 Å². The van der Waals surface area contributed by atoms with Crippen LogP contribution in [-0.2, 0) is 57.6 Å². The Bertz CT molecular complexity index is 845. The van der Waals surface area contributed by atoms with Crippen molar-refractivity contribution in [1.29, 1.82) is 0 Å². The molecule has 22 nitrogen and oxygen atoms in total. The third-order valence-corrected chi connectivity index (χ3v) is 3.76. The van der Waals surface area contributed by atoms with Crippen molar-refractivity contribution in [2.45, 2.75) is 49.2 Å². The van der Waals surface area contributed by atoms with E-state index in [1.165, 1.54) is 0 Å². The summed E-state index contributed by atoms with van der Waals surface area (Å²) in [5.74, 6) is -13.4. The van der Waals surface area contributed by atoms with Gasteiger partial charge < -0.3 is 40.5 Å². The van der Waals surface area contributed by atoms with E-state index in [2.05, 4.69) is 28.9 Å². The van der Waals surface area contributed by atoms with Crippen LogP contribution in [0, 0.1) is 0 Å². The van der Waals surface area contributed by atoms with E-state index in [9.17, 15) is 49.2 Å². The summed E-state index contributed by atoms with van der Waals surface area (Å²) in [5.41, 5.74) is -7.15. The van der Waals surface area contributed by atoms with Gasteiger partial charge in [0, 0.05) is 0 Å². The minimum Gasteiger partial charge on any atom is -0.481 e. The third-order valence-electron chi connectivity index (χ3n) is 3.76. The average Bonchev–Trinajstić information content (AvgIpc) is 2.71. The smallest absolute Gasteiger partial charge is 0.481 e. The summed E-state index contributed by atoms with van der Waals surface area (Å²) in [6.07, 6.45) is -16.0. The van der Waals surface area contributed by atoms with Gasteiger partial charge in [-0.1, -0.05) is 0 Å². The first-order valence-corrected chi connectivity index (χ1v) is 8.50. The molecule has 0 aromatic heterocycles. The monoisotopic (exact) mass is 538 g/mol. The van der Waals surface area contributed by atoms with Crippen LogP contribution in [0.4, 0.5) is 0 Å². The van der Waals surface area contributed by atoms with Crippen molar-refractivity contribution in [3.63, 3.8) is 0 Å². The van der Waals surface area contributed by atoms with Crippen molar-refractivity contribution < 1.29 is 109 Å². The van der Waals surface area contributed by atoms with Crippen molar-refractivity contribution in [3.8, 4) is 0 Å². The molecule has 2 atom stereocenters. The molecule has 10 N–H and O–H groups in total. The molecule has 0 bridgehead atoms. The molecule has 22 heteroatoms. The predicted octanol–water partition coefficient (Wildman–Crippen LogP) is -3.30. The molecule has 0 fully saturated rings. The predicted molar refractivity (Wildman–Crippen MR) is 91.4 cm³/mol. The third kappa shape index (κ3) is 8.89. The fourth-order valence-electron chi connectivity index (χ4n) is 2.41. The molecule has 0 amide bonds. The highest BCUT2D eigenvalue weighted by atomic mass is 17.3. The highest BCUT2D eigenvalue weighted by molar-refractivity contribution is 5.89. The van der Waals surface area contributed by atoms with E-state index in [4.69, 9.17) is 31.1 Å². The summed E-state index contributed by atoms with van der Waals surface area (Å²) in [5, 5.41) is 90.4. The lowest BCUT2D eigenvalue weighted by atomic mass is 9.95. The van der Waals surface area contributed by atoms with Gasteiger partial charge in [-0.2, -0.15) is 0 Å². The van der Waals surface area contributed by atoms with Crippen LogP contribution in [0.2, 0.25) is 0 Å². The molecule has 0 rings (SSSR count). The maximum absolute atomic E-state index is 12.2. The van der Waals surface area contributed by atoms with E-state index in [1.807, 2.05) is 0 Å². The van der Waals surface area contributed by atoms with Gasteiger partial charge in [0.1, 0.15) is 0 Å². The zero-order valence-electron chi connectivity index (χ0n) is 17.2. The molecule has 0 saturated heterocycles. The number of carboxylic acid groups (broad SMARTS) is 5. The number of ether oxygens (including phenoxy) is 3. The molecule has 0 heterocycles. The van der Waals surface area contributed by atoms with Gasteiger partial charge in [-0.05, 0) is 0 Å². The van der Waals surface area contributed by atoms with Gasteiger partial charge >= 0.3 is 48.1 Å². The summed E-state index contributed by atoms with van der Waals surface area (Å²) >= 11 is 0. The zero-order valence-corrected chi connectivity index (χ0v) is 17.2. The molecule has 0 radical (unpaired) electrons. The molecule has 206 valence electrons. The first-order chi connectivity index (χ1) is 16.3. The fraction of sp³-hybridized carbons (Fsp3) is 0.571. The van der Waals surface area contributed by atoms with E-state index < -0.39 is 85.0 Å². The Morgan fingerprint density at radius 1 is 0.528 bits per heavy atom. The van der Waals surface area contributed by atoms with Crippen molar-refractivity contribution in [2.75, 3.05) is 0 Å². The second-order valence-corrected chi connectivity index (χ2v) is 6.49. The number of aliphatic hydroxyl groups is 2. The molecule has 0 aliphatic carbocycles. The summed E-state index contributed by atoms with van der Waals surface area (Å²) < 4.78 is 12.3. The van der Waals surface area contributed by atoms with Gasteiger partial charge in [0.05, 0.1) is 25.7 Å². The molecule has 36 heavy (non-hydrogen) atoms. The molecule has 0 aromatic carbocycles. The van der Waals surface area contributed by atoms with Gasteiger partial charge in [-0.3, -0.25) is 28.7 Å². The van der Waals surface area contributed by atoms with Crippen molar-refractivity contribution >= 4 is 35.8 Å². The van der Waals surface area contributed by atoms with Crippen LogP contribution in [0.1, 0.15) is 25.7 Å². The minimum atomic E-state index is -4.40. The Hall–Kier alpha value is -3.58. The van der Waals surface area contributed by atoms with Crippen LogP contribution >= 0.6 is 0 Å². The average molecular weight is 538 g/mol. The molecule has 0 aliphatic rings. The highest BCUT2D eigenvalue weighted by Gasteiger charge is 2.56. The number of hydrogen-bond acceptors (Lipinski definition) is 17. The maximum atomic E-state index is 12.2. The molecular formula is C14H18O22. The van der Waals surface area contributed by atoms with Gasteiger partial charge in [-0.25, -0.2) is 25.4 Å². The van der Waals surface area contributed by atoms with Crippen molar-refractivity contribution in [2.24, 2.45) is 0 Å². The van der Waals surface area contributed by atoms with Gasteiger partial charge in [0.15, 0.2) is 11.2 Å². The van der Waals surface area contributed by atoms with Crippen LogP contribution in [0.3, 0.4) is 0 Å². The van der Waals surface area contributed by atoms with Gasteiger partial charge in [-0.15, -0.1) is 14.7 Å². The normalized spacial score (nSPS) is 15.2. The summed E-state index contributed by atoms with van der Waals surface area (Å²) in [6, 6.07) is 0. The summed E-state index contributed by atoms with van der Waals surface area (Å²) in [6.45, 7) is 0. The molecule has 0 spiro atoms. The number of aliphatic carboxylic acids is 5. The summed E-state index contributed by atoms with van der Waals surface area (Å²) in [4.78, 5) is 77.9. The van der Waals surface area contributed by atoms with E-state index in [-0.39, 0.29) is 0 Å². The second kappa shape index (κ2) is 12.4. The number of esters is 1. The van der Waals surface area contributed by atoms with E-state index in [0.717, 1.165) is 0 Å². The van der Waals surface area contributed by atoms with Crippen LogP contribution < -0.4 is 0 Å². The van der Waals surface area contributed by atoms with Gasteiger partial charge in [0.25, 0.3) is 0 Å². The largest absolute Gasteiger partial charge is 0.488 e. The van der Waals surface area contributed by atoms with Crippen LogP contribution in [-0.4, -0.2) is 111 Å². The number of carbonyl (C=O) groups is 6. The molecule has 2 unspecified atom stereocenters. The van der Waals surface area contributed by atoms with E-state index in [1.54, 1.807) is 0 Å². The number of carboxylic acids is 5. The Balaban J connectivity index is 6.30. The Kier molecular flexibility index (Phi) is 11.2. The first-order valence-electron chi connectivity index (χ1n) is 8.50. The fourth-order valence-corrected chi connectivity index (χ4v) is 2.41. The number of carbonyl (C=O) groups excluding carboxylic acids is 1. The van der Waals surface area contributed by atoms with Crippen molar-refractivity contribution in [1.82, 2.24) is 0 Å². The lowest BCUT2D eigenvalue weighted by Gasteiger charge is -2.35. The van der Waals surface area contributed by atoms with E-state index in [0.29, 0.717) is 0 Å². The topological polar surface area (TPSA) is 360 Å². The molecule has 0 saturated carbocycles. The van der Waals surface area contributed by atoms with Crippen LogP contribution in [0.5, 0.6) is 0 Å². The lowest BCUT2D eigenvalue weighted by Crippen LogP contribution is -2.56. The number of rotatable bonds is 18. The molecule has 0 aliphatic heterocycles. The first kappa shape index (κ1) is 32.4. The molecular weight excluding hydrogens is 520 g/mol. The van der Waals surface area contributed by atoms with Crippen LogP contribution in [0.25, 0.3) is 0 Å². The number of hydrogen-bond donors (Lipinski definition) is 10. The van der Waals surface area contributed by atoms with E-state index >= 15 is 0 Å². The highest BCUT2D eigenvalue weighted by Crippen LogP contribution is 2.32. The standard InChI is InChI=1S/C14H18O22/c15-5(16)1-11(9(22)23,2-6(17)18)32-13(26,34-28)31-8(21)4-12(10(24)25,3-7(19)20)33-14(27,35-29)36-30/h26-30H,1-4H2,(H,15,16)(H,17,18)(H,19,20)(H,22,23)(H,24,25). The molecule has 0 aromatic rings. The Morgan fingerprint density at radius 3 is 1.11 bits per heavy atom. The van der Waals surface area contributed by atoms with Crippen LogP contribution in [0.15, 0.2) is 0 Å². The second-order valence-electron chi connectivity index (χ2n) is 6.49. The SMILES string of the molecule is O=C(O)CC(CC(=O)OC(O)(OO)OC(CC(=O)O)(CC(=O)O)C(=O)O)(OC(O)(OO)OO)C(=O)O. The maximum Gasteiger partial charge on any atom is 0.488 e. The van der Waals surface area contributed by atoms with Crippen molar-refractivity contribution in [3.05, 3.63) is 0 Å². The minimum absolute atomic E-state index is 1.77. The Morgan fingerprint density at radius 2 is 0.833 bits per heavy atom.